The van der Waals surface area contributed by atoms with Crippen LogP contribution in [0.15, 0.2) is 30.4 Å². The van der Waals surface area contributed by atoms with E-state index < -0.39 is 41.3 Å². The van der Waals surface area contributed by atoms with Crippen molar-refractivity contribution in [2.24, 2.45) is 23.7 Å². The molecule has 4 aliphatic heterocycles. The lowest BCUT2D eigenvalue weighted by Crippen LogP contribution is -2.58. The number of anilines is 1. The Morgan fingerprint density at radius 2 is 1.93 bits per heavy atom. The lowest BCUT2D eigenvalue weighted by atomic mass is 9.73. The Morgan fingerprint density at radius 3 is 2.69 bits per heavy atom. The van der Waals surface area contributed by atoms with Gasteiger partial charge in [-0.05, 0) is 42.9 Å². The molecule has 3 amide bonds. The first-order chi connectivity index (χ1) is 20.2. The predicted octanol–water partition coefficient (Wildman–Crippen LogP) is 3.23. The number of ether oxygens (including phenoxy) is 2. The Balaban J connectivity index is 1.25. The summed E-state index contributed by atoms with van der Waals surface area (Å²) in [6.07, 6.45) is 6.76. The number of carbonyl (C=O) groups excluding carboxylic acids is 3. The molecule has 0 aromatic heterocycles. The van der Waals surface area contributed by atoms with Gasteiger partial charge in [-0.3, -0.25) is 19.3 Å². The lowest BCUT2D eigenvalue weighted by molar-refractivity contribution is -0.141. The highest BCUT2D eigenvalue weighted by Crippen LogP contribution is 2.55. The maximum atomic E-state index is 14.2. The van der Waals surface area contributed by atoms with Gasteiger partial charge in [-0.25, -0.2) is 4.39 Å². The molecule has 2 N–H and O–H groups in total. The lowest BCUT2D eigenvalue weighted by Gasteiger charge is -2.38. The van der Waals surface area contributed by atoms with Gasteiger partial charge in [0.05, 0.1) is 36.2 Å². The first kappa shape index (κ1) is 29.5. The highest BCUT2D eigenvalue weighted by molar-refractivity contribution is 6.31. The quantitative estimate of drug-likeness (QED) is 0.443. The van der Waals surface area contributed by atoms with E-state index in [1.807, 2.05) is 6.08 Å². The SMILES string of the molecule is CC1CCCC(NC(=O)C2N(CCCN3CCOCC3)C(=O)[C@@H]3C(C(=O)Nc4ccc(F)c(Cl)c4)[C@@H]4C=CC23O4)C1C. The molecule has 0 radical (unpaired) electrons. The third-order valence-corrected chi connectivity index (χ3v) is 10.4. The molecule has 1 saturated carbocycles. The van der Waals surface area contributed by atoms with E-state index in [2.05, 4.69) is 29.4 Å². The van der Waals surface area contributed by atoms with Crippen LogP contribution in [0, 0.1) is 29.5 Å². The molecule has 42 heavy (non-hydrogen) atoms. The highest BCUT2D eigenvalue weighted by atomic mass is 35.5. The van der Waals surface area contributed by atoms with Crippen LogP contribution in [0.3, 0.4) is 0 Å². The highest BCUT2D eigenvalue weighted by Gasteiger charge is 2.72. The van der Waals surface area contributed by atoms with Crippen molar-refractivity contribution in [3.05, 3.63) is 41.2 Å². The molecule has 5 aliphatic rings. The molecule has 11 heteroatoms. The summed E-state index contributed by atoms with van der Waals surface area (Å²) in [5.41, 5.74) is -0.897. The minimum absolute atomic E-state index is 0.0203. The molecule has 6 rings (SSSR count). The Morgan fingerprint density at radius 1 is 1.14 bits per heavy atom. The van der Waals surface area contributed by atoms with Gasteiger partial charge in [0.15, 0.2) is 0 Å². The largest absolute Gasteiger partial charge is 0.379 e. The van der Waals surface area contributed by atoms with Gasteiger partial charge in [-0.1, -0.05) is 50.4 Å². The molecule has 3 saturated heterocycles. The van der Waals surface area contributed by atoms with Crippen molar-refractivity contribution >= 4 is 35.0 Å². The summed E-state index contributed by atoms with van der Waals surface area (Å²) >= 11 is 5.93. The van der Waals surface area contributed by atoms with Crippen molar-refractivity contribution in [1.29, 1.82) is 0 Å². The summed E-state index contributed by atoms with van der Waals surface area (Å²) in [4.78, 5) is 45.9. The van der Waals surface area contributed by atoms with E-state index in [1.165, 1.54) is 18.2 Å². The summed E-state index contributed by atoms with van der Waals surface area (Å²) in [6.45, 7) is 8.61. The molecular weight excluding hydrogens is 563 g/mol. The average molecular weight is 603 g/mol. The van der Waals surface area contributed by atoms with Crippen molar-refractivity contribution in [2.75, 3.05) is 44.7 Å². The Hall–Kier alpha value is -2.53. The van der Waals surface area contributed by atoms with Gasteiger partial charge in [0, 0.05) is 37.9 Å². The number of hydrogen-bond donors (Lipinski definition) is 2. The van der Waals surface area contributed by atoms with Gasteiger partial charge in [-0.2, -0.15) is 0 Å². The molecule has 9 nitrogen and oxygen atoms in total. The number of halogens is 2. The maximum absolute atomic E-state index is 14.2. The fourth-order valence-corrected chi connectivity index (χ4v) is 7.82. The second-order valence-corrected chi connectivity index (χ2v) is 12.9. The normalized spacial score (nSPS) is 35.9. The Labute approximate surface area is 251 Å². The molecule has 4 fully saturated rings. The second kappa shape index (κ2) is 11.9. The molecule has 1 spiro atoms. The van der Waals surface area contributed by atoms with Crippen molar-refractivity contribution in [2.45, 2.75) is 63.3 Å². The molecule has 8 atom stereocenters. The zero-order valence-electron chi connectivity index (χ0n) is 24.2. The van der Waals surface area contributed by atoms with E-state index in [4.69, 9.17) is 21.1 Å². The van der Waals surface area contributed by atoms with Crippen LogP contribution in [0.1, 0.15) is 39.5 Å². The fraction of sp³-hybridized carbons (Fsp3) is 0.645. The number of likely N-dealkylation sites (tertiary alicyclic amines) is 1. The van der Waals surface area contributed by atoms with Crippen LogP contribution in [0.25, 0.3) is 0 Å². The summed E-state index contributed by atoms with van der Waals surface area (Å²) in [5.74, 6) is -2.34. The number of fused-ring (bicyclic) bond motifs is 1. The number of amides is 3. The van der Waals surface area contributed by atoms with E-state index in [-0.39, 0.29) is 22.9 Å². The van der Waals surface area contributed by atoms with Crippen LogP contribution >= 0.6 is 11.6 Å². The average Bonchev–Trinajstić information content (AvgIpc) is 3.61. The van der Waals surface area contributed by atoms with Crippen molar-refractivity contribution < 1.29 is 28.2 Å². The number of nitrogens with zero attached hydrogens (tertiary/aromatic N) is 2. The molecule has 6 unspecified atom stereocenters. The smallest absolute Gasteiger partial charge is 0.246 e. The minimum Gasteiger partial charge on any atom is -0.379 e. The summed E-state index contributed by atoms with van der Waals surface area (Å²) in [7, 11) is 0. The van der Waals surface area contributed by atoms with E-state index >= 15 is 0 Å². The van der Waals surface area contributed by atoms with E-state index in [1.54, 1.807) is 11.0 Å². The zero-order valence-corrected chi connectivity index (χ0v) is 24.9. The van der Waals surface area contributed by atoms with Gasteiger partial charge in [0.2, 0.25) is 17.7 Å². The molecule has 4 heterocycles. The third-order valence-electron chi connectivity index (χ3n) is 10.1. The van der Waals surface area contributed by atoms with Gasteiger partial charge in [-0.15, -0.1) is 0 Å². The molecule has 1 aliphatic carbocycles. The number of morpholine rings is 1. The summed E-state index contributed by atoms with van der Waals surface area (Å²) in [6, 6.07) is 3.10. The van der Waals surface area contributed by atoms with Gasteiger partial charge >= 0.3 is 0 Å². The second-order valence-electron chi connectivity index (χ2n) is 12.5. The van der Waals surface area contributed by atoms with E-state index in [9.17, 15) is 18.8 Å². The predicted molar refractivity (Wildman–Crippen MR) is 155 cm³/mol. The van der Waals surface area contributed by atoms with E-state index in [0.29, 0.717) is 43.7 Å². The van der Waals surface area contributed by atoms with Crippen molar-refractivity contribution in [1.82, 2.24) is 15.1 Å². The number of nitrogens with one attached hydrogen (secondary N) is 2. The van der Waals surface area contributed by atoms with Crippen LogP contribution in [0.2, 0.25) is 5.02 Å². The first-order valence-corrected chi connectivity index (χ1v) is 15.6. The monoisotopic (exact) mass is 602 g/mol. The standard InChI is InChI=1S/C31H40ClFN4O5/c1-18-5-3-6-23(19(18)2)35-29(39)27-31-10-9-24(42-31)25(28(38)34-20-7-8-22(33)21(32)17-20)26(31)30(40)37(27)12-4-11-36-13-15-41-16-14-36/h7-10,17-19,23-27H,3-6,11-16H2,1-2H3,(H,34,38)(H,35,39)/t18?,19?,23?,24-,25?,26-,27?,31?/m0/s1. The Bertz CT molecular complexity index is 1260. The van der Waals surface area contributed by atoms with Crippen molar-refractivity contribution in [3.8, 4) is 0 Å². The van der Waals surface area contributed by atoms with Crippen LogP contribution in [-0.2, 0) is 23.9 Å². The Kier molecular flexibility index (Phi) is 8.34. The number of benzene rings is 1. The van der Waals surface area contributed by atoms with Crippen molar-refractivity contribution in [3.63, 3.8) is 0 Å². The molecule has 228 valence electrons. The van der Waals surface area contributed by atoms with Gasteiger partial charge < -0.3 is 25.0 Å². The van der Waals surface area contributed by atoms with Crippen LogP contribution < -0.4 is 10.6 Å². The van der Waals surface area contributed by atoms with Gasteiger partial charge in [0.25, 0.3) is 0 Å². The zero-order chi connectivity index (χ0) is 29.6. The number of hydrogen-bond acceptors (Lipinski definition) is 6. The molecular formula is C31H40ClFN4O5. The van der Waals surface area contributed by atoms with Gasteiger partial charge in [0.1, 0.15) is 17.5 Å². The first-order valence-electron chi connectivity index (χ1n) is 15.2. The summed E-state index contributed by atoms with van der Waals surface area (Å²) < 4.78 is 25.6. The van der Waals surface area contributed by atoms with Crippen LogP contribution in [-0.4, -0.2) is 90.7 Å². The number of carbonyl (C=O) groups is 3. The third kappa shape index (κ3) is 5.25. The molecule has 1 aromatic carbocycles. The molecule has 1 aromatic rings. The number of rotatable bonds is 8. The van der Waals surface area contributed by atoms with Crippen LogP contribution in [0.4, 0.5) is 10.1 Å². The fourth-order valence-electron chi connectivity index (χ4n) is 7.64. The van der Waals surface area contributed by atoms with E-state index in [0.717, 1.165) is 38.9 Å². The summed E-state index contributed by atoms with van der Waals surface area (Å²) in [5, 5.41) is 5.98. The maximum Gasteiger partial charge on any atom is 0.246 e. The molecule has 2 bridgehead atoms. The minimum atomic E-state index is -1.23. The topological polar surface area (TPSA) is 100 Å². The van der Waals surface area contributed by atoms with Crippen LogP contribution in [0.5, 0.6) is 0 Å².